The highest BCUT2D eigenvalue weighted by molar-refractivity contribution is 5.58. The fourth-order valence-electron chi connectivity index (χ4n) is 3.13. The van der Waals surface area contributed by atoms with Gasteiger partial charge >= 0.3 is 0 Å². The molecule has 2 heterocycles. The van der Waals surface area contributed by atoms with E-state index in [9.17, 15) is 0 Å². The van der Waals surface area contributed by atoms with Gasteiger partial charge in [-0.25, -0.2) is 0 Å². The summed E-state index contributed by atoms with van der Waals surface area (Å²) in [5, 5.41) is 11.8. The normalized spacial score (nSPS) is 18.0. The van der Waals surface area contributed by atoms with Crippen molar-refractivity contribution in [1.29, 1.82) is 0 Å². The van der Waals surface area contributed by atoms with E-state index in [4.69, 9.17) is 0 Å². The second-order valence-corrected chi connectivity index (χ2v) is 6.32. The Morgan fingerprint density at radius 2 is 2.09 bits per heavy atom. The highest BCUT2D eigenvalue weighted by atomic mass is 15.3. The molecular weight excluding hydrogens is 286 g/mol. The highest BCUT2D eigenvalue weighted by Crippen LogP contribution is 2.25. The molecule has 0 bridgehead atoms. The van der Waals surface area contributed by atoms with Crippen LogP contribution in [-0.2, 0) is 0 Å². The number of hydrogen-bond acceptors (Lipinski definition) is 5. The molecule has 1 aliphatic rings. The number of rotatable bonds is 4. The molecule has 122 valence electrons. The Balaban J connectivity index is 1.80. The third-order valence-electron chi connectivity index (χ3n) is 4.68. The number of nitrogens with one attached hydrogen (secondary N) is 1. The van der Waals surface area contributed by atoms with Crippen molar-refractivity contribution >= 4 is 17.5 Å². The average Bonchev–Trinajstić information content (AvgIpc) is 2.58. The number of aromatic nitrogens is 3. The minimum atomic E-state index is 0.530. The lowest BCUT2D eigenvalue weighted by atomic mass is 10.0. The van der Waals surface area contributed by atoms with Gasteiger partial charge in [0.05, 0.1) is 6.20 Å². The van der Waals surface area contributed by atoms with Crippen molar-refractivity contribution in [2.24, 2.45) is 0 Å². The molecule has 1 aromatic carbocycles. The van der Waals surface area contributed by atoms with Gasteiger partial charge in [-0.3, -0.25) is 0 Å². The molecule has 1 N–H and O–H groups in total. The Kier molecular flexibility index (Phi) is 4.74. The summed E-state index contributed by atoms with van der Waals surface area (Å²) in [5.41, 5.74) is 3.58. The SMILES string of the molecule is CCC1CCCCN1c1nncc(Nc2ccc(C)c(C)c2)n1. The topological polar surface area (TPSA) is 53.9 Å². The van der Waals surface area contributed by atoms with E-state index in [1.54, 1.807) is 6.20 Å². The van der Waals surface area contributed by atoms with Crippen LogP contribution in [0.1, 0.15) is 43.7 Å². The van der Waals surface area contributed by atoms with Gasteiger partial charge < -0.3 is 10.2 Å². The molecule has 0 saturated carbocycles. The fraction of sp³-hybridized carbons (Fsp3) is 0.500. The molecule has 5 heteroatoms. The van der Waals surface area contributed by atoms with Crippen molar-refractivity contribution in [2.75, 3.05) is 16.8 Å². The Bertz CT molecular complexity index is 670. The first-order valence-corrected chi connectivity index (χ1v) is 8.48. The van der Waals surface area contributed by atoms with Crippen molar-refractivity contribution in [3.8, 4) is 0 Å². The Morgan fingerprint density at radius 1 is 1.22 bits per heavy atom. The van der Waals surface area contributed by atoms with Gasteiger partial charge in [0.2, 0.25) is 5.95 Å². The van der Waals surface area contributed by atoms with Crippen LogP contribution in [0.5, 0.6) is 0 Å². The van der Waals surface area contributed by atoms with Crippen molar-refractivity contribution in [3.05, 3.63) is 35.5 Å². The zero-order valence-electron chi connectivity index (χ0n) is 14.2. The van der Waals surface area contributed by atoms with Crippen LogP contribution in [0.25, 0.3) is 0 Å². The third kappa shape index (κ3) is 3.60. The predicted molar refractivity (Wildman–Crippen MR) is 94.3 cm³/mol. The predicted octanol–water partition coefficient (Wildman–Crippen LogP) is 4.00. The molecule has 1 aromatic heterocycles. The van der Waals surface area contributed by atoms with Gasteiger partial charge in [0.25, 0.3) is 0 Å². The van der Waals surface area contributed by atoms with Crippen LogP contribution < -0.4 is 10.2 Å². The minimum Gasteiger partial charge on any atom is -0.339 e. The van der Waals surface area contributed by atoms with E-state index in [0.717, 1.165) is 30.4 Å². The van der Waals surface area contributed by atoms with Gasteiger partial charge in [0.1, 0.15) is 0 Å². The minimum absolute atomic E-state index is 0.530. The molecule has 0 amide bonds. The summed E-state index contributed by atoms with van der Waals surface area (Å²) in [4.78, 5) is 6.99. The first-order valence-electron chi connectivity index (χ1n) is 8.48. The molecule has 0 radical (unpaired) electrons. The Morgan fingerprint density at radius 3 is 2.87 bits per heavy atom. The van der Waals surface area contributed by atoms with Crippen LogP contribution >= 0.6 is 0 Å². The molecule has 1 aliphatic heterocycles. The van der Waals surface area contributed by atoms with Gasteiger partial charge in [-0.1, -0.05) is 13.0 Å². The molecule has 23 heavy (non-hydrogen) atoms. The monoisotopic (exact) mass is 311 g/mol. The molecular formula is C18H25N5. The van der Waals surface area contributed by atoms with E-state index in [0.29, 0.717) is 6.04 Å². The van der Waals surface area contributed by atoms with E-state index in [-0.39, 0.29) is 0 Å². The number of hydrogen-bond donors (Lipinski definition) is 1. The van der Waals surface area contributed by atoms with Gasteiger partial charge in [0, 0.05) is 18.3 Å². The molecule has 0 spiro atoms. The van der Waals surface area contributed by atoms with Crippen LogP contribution in [-0.4, -0.2) is 27.8 Å². The van der Waals surface area contributed by atoms with Crippen LogP contribution in [0.4, 0.5) is 17.5 Å². The molecule has 1 atom stereocenters. The summed E-state index contributed by atoms with van der Waals surface area (Å²) in [6.07, 6.45) is 6.52. The molecule has 1 saturated heterocycles. The molecule has 2 aromatic rings. The first kappa shape index (κ1) is 15.7. The molecule has 5 nitrogen and oxygen atoms in total. The van der Waals surface area contributed by atoms with E-state index < -0.39 is 0 Å². The first-order chi connectivity index (χ1) is 11.2. The van der Waals surface area contributed by atoms with E-state index in [1.807, 2.05) is 0 Å². The lowest BCUT2D eigenvalue weighted by molar-refractivity contribution is 0.442. The highest BCUT2D eigenvalue weighted by Gasteiger charge is 2.23. The van der Waals surface area contributed by atoms with Gasteiger partial charge in [-0.2, -0.15) is 10.1 Å². The van der Waals surface area contributed by atoms with Crippen LogP contribution in [0.15, 0.2) is 24.4 Å². The molecule has 0 aliphatic carbocycles. The smallest absolute Gasteiger partial charge is 0.247 e. The number of piperidine rings is 1. The zero-order valence-corrected chi connectivity index (χ0v) is 14.2. The molecule has 3 rings (SSSR count). The maximum Gasteiger partial charge on any atom is 0.247 e. The maximum absolute atomic E-state index is 4.68. The van der Waals surface area contributed by atoms with Crippen LogP contribution in [0, 0.1) is 13.8 Å². The van der Waals surface area contributed by atoms with E-state index in [1.165, 1.54) is 30.4 Å². The zero-order chi connectivity index (χ0) is 16.2. The van der Waals surface area contributed by atoms with Gasteiger partial charge in [-0.05, 0) is 62.8 Å². The summed E-state index contributed by atoms with van der Waals surface area (Å²) >= 11 is 0. The standard InChI is InChI=1S/C18H25N5/c1-4-16-7-5-6-10-23(16)18-21-17(12-19-22-18)20-15-9-8-13(2)14(3)11-15/h8-9,11-12,16H,4-7,10H2,1-3H3,(H,20,21,22). The second kappa shape index (κ2) is 6.94. The summed E-state index contributed by atoms with van der Waals surface area (Å²) < 4.78 is 0. The molecule has 1 fully saturated rings. The lowest BCUT2D eigenvalue weighted by Crippen LogP contribution is -2.40. The summed E-state index contributed by atoms with van der Waals surface area (Å²) in [6, 6.07) is 6.85. The maximum atomic E-state index is 4.68. The summed E-state index contributed by atoms with van der Waals surface area (Å²) in [5.74, 6) is 1.49. The summed E-state index contributed by atoms with van der Waals surface area (Å²) in [7, 11) is 0. The lowest BCUT2D eigenvalue weighted by Gasteiger charge is -2.34. The van der Waals surface area contributed by atoms with Crippen LogP contribution in [0.2, 0.25) is 0 Å². The number of benzene rings is 1. The van der Waals surface area contributed by atoms with Crippen molar-refractivity contribution < 1.29 is 0 Å². The van der Waals surface area contributed by atoms with Gasteiger partial charge in [0.15, 0.2) is 5.82 Å². The average molecular weight is 311 g/mol. The third-order valence-corrected chi connectivity index (χ3v) is 4.68. The summed E-state index contributed by atoms with van der Waals surface area (Å²) in [6.45, 7) is 7.48. The van der Waals surface area contributed by atoms with Crippen molar-refractivity contribution in [1.82, 2.24) is 15.2 Å². The number of anilines is 3. The Labute approximate surface area is 138 Å². The second-order valence-electron chi connectivity index (χ2n) is 6.32. The van der Waals surface area contributed by atoms with E-state index >= 15 is 0 Å². The fourth-order valence-corrected chi connectivity index (χ4v) is 3.13. The number of aryl methyl sites for hydroxylation is 2. The molecule has 1 unspecified atom stereocenters. The van der Waals surface area contributed by atoms with Crippen molar-refractivity contribution in [2.45, 2.75) is 52.5 Å². The quantitative estimate of drug-likeness (QED) is 0.925. The largest absolute Gasteiger partial charge is 0.339 e. The Hall–Kier alpha value is -2.17. The van der Waals surface area contributed by atoms with Crippen LogP contribution in [0.3, 0.4) is 0 Å². The van der Waals surface area contributed by atoms with Gasteiger partial charge in [-0.15, -0.1) is 5.10 Å². The van der Waals surface area contributed by atoms with E-state index in [2.05, 4.69) is 64.4 Å². The number of nitrogens with zero attached hydrogens (tertiary/aromatic N) is 4. The van der Waals surface area contributed by atoms with Crippen molar-refractivity contribution in [3.63, 3.8) is 0 Å².